The number of nitrogens with one attached hydrogen (secondary N) is 1. The van der Waals surface area contributed by atoms with Crippen molar-refractivity contribution in [3.63, 3.8) is 0 Å². The number of carbonyl (C=O) groups excluding carboxylic acids is 1. The van der Waals surface area contributed by atoms with Crippen LogP contribution in [-0.2, 0) is 0 Å². The van der Waals surface area contributed by atoms with Gasteiger partial charge in [0.2, 0.25) is 0 Å². The van der Waals surface area contributed by atoms with Crippen LogP contribution in [0.4, 0.5) is 4.39 Å². The van der Waals surface area contributed by atoms with Gasteiger partial charge in [0.1, 0.15) is 5.82 Å². The maximum absolute atomic E-state index is 13.0. The summed E-state index contributed by atoms with van der Waals surface area (Å²) in [5, 5.41) is 2.85. The molecule has 0 bridgehead atoms. The number of hydrogen-bond donors (Lipinski definition) is 1. The summed E-state index contributed by atoms with van der Waals surface area (Å²) in [4.78, 5) is 11.5. The summed E-state index contributed by atoms with van der Waals surface area (Å²) in [7, 11) is 0. The molecule has 2 nitrogen and oxygen atoms in total. The Morgan fingerprint density at radius 2 is 2.20 bits per heavy atom. The zero-order chi connectivity index (χ0) is 11.4. The fourth-order valence-electron chi connectivity index (χ4n) is 1.15. The van der Waals surface area contributed by atoms with Crippen molar-refractivity contribution in [1.29, 1.82) is 0 Å². The molecule has 0 aliphatic carbocycles. The van der Waals surface area contributed by atoms with Crippen molar-refractivity contribution < 1.29 is 9.18 Å². The normalized spacial score (nSPS) is 9.80. The number of halogens is 2. The van der Waals surface area contributed by atoms with Crippen LogP contribution in [-0.4, -0.2) is 12.5 Å². The quantitative estimate of drug-likeness (QED) is 0.845. The van der Waals surface area contributed by atoms with Gasteiger partial charge in [-0.2, -0.15) is 0 Å². The second-order valence-corrected chi connectivity index (χ2v) is 3.75. The van der Waals surface area contributed by atoms with Gasteiger partial charge in [0.15, 0.2) is 0 Å². The molecule has 1 aromatic rings. The second kappa shape index (κ2) is 4.94. The Hall–Kier alpha value is -1.35. The number of aryl methyl sites for hydroxylation is 1. The first kappa shape index (κ1) is 11.7. The van der Waals surface area contributed by atoms with E-state index in [-0.39, 0.29) is 18.0 Å². The van der Waals surface area contributed by atoms with Gasteiger partial charge in [-0.05, 0) is 30.7 Å². The first-order valence-corrected chi connectivity index (χ1v) is 4.75. The molecule has 4 heteroatoms. The van der Waals surface area contributed by atoms with Crippen LogP contribution in [0.1, 0.15) is 15.9 Å². The number of benzene rings is 1. The van der Waals surface area contributed by atoms with E-state index in [0.29, 0.717) is 10.6 Å². The SMILES string of the molecule is C=C(Cl)CNC(=O)c1cc(C)cc(F)c1. The van der Waals surface area contributed by atoms with E-state index in [0.717, 1.165) is 0 Å². The minimum atomic E-state index is -0.426. The summed E-state index contributed by atoms with van der Waals surface area (Å²) in [5.74, 6) is -0.788. The molecule has 0 aliphatic heterocycles. The maximum atomic E-state index is 13.0. The number of hydrogen-bond acceptors (Lipinski definition) is 1. The highest BCUT2D eigenvalue weighted by atomic mass is 35.5. The van der Waals surface area contributed by atoms with Crippen LogP contribution in [0.15, 0.2) is 29.8 Å². The van der Waals surface area contributed by atoms with Crippen molar-refractivity contribution in [2.45, 2.75) is 6.92 Å². The molecule has 0 radical (unpaired) electrons. The molecule has 1 amide bonds. The molecular weight excluding hydrogens is 217 g/mol. The number of rotatable bonds is 3. The van der Waals surface area contributed by atoms with Gasteiger partial charge in [-0.1, -0.05) is 18.2 Å². The Balaban J connectivity index is 2.77. The molecule has 0 heterocycles. The average Bonchev–Trinajstić information content (AvgIpc) is 2.12. The summed E-state index contributed by atoms with van der Waals surface area (Å²) in [5.41, 5.74) is 0.982. The Kier molecular flexibility index (Phi) is 3.86. The molecule has 15 heavy (non-hydrogen) atoms. The second-order valence-electron chi connectivity index (χ2n) is 3.22. The van der Waals surface area contributed by atoms with Crippen LogP contribution in [0.5, 0.6) is 0 Å². The topological polar surface area (TPSA) is 29.1 Å². The number of amides is 1. The van der Waals surface area contributed by atoms with Gasteiger partial charge in [0.05, 0.1) is 6.54 Å². The van der Waals surface area contributed by atoms with E-state index in [2.05, 4.69) is 11.9 Å². The van der Waals surface area contributed by atoms with E-state index >= 15 is 0 Å². The highest BCUT2D eigenvalue weighted by molar-refractivity contribution is 6.29. The third kappa shape index (κ3) is 3.72. The smallest absolute Gasteiger partial charge is 0.251 e. The molecule has 0 spiro atoms. The van der Waals surface area contributed by atoms with Crippen LogP contribution in [0, 0.1) is 12.7 Å². The van der Waals surface area contributed by atoms with E-state index in [1.54, 1.807) is 13.0 Å². The predicted molar refractivity (Wildman–Crippen MR) is 58.5 cm³/mol. The molecule has 0 aliphatic rings. The first-order chi connectivity index (χ1) is 6.99. The molecule has 1 rings (SSSR count). The lowest BCUT2D eigenvalue weighted by atomic mass is 10.1. The van der Waals surface area contributed by atoms with Gasteiger partial charge >= 0.3 is 0 Å². The highest BCUT2D eigenvalue weighted by Gasteiger charge is 2.07. The Labute approximate surface area is 92.7 Å². The first-order valence-electron chi connectivity index (χ1n) is 4.37. The number of carbonyl (C=O) groups is 1. The summed E-state index contributed by atoms with van der Waals surface area (Å²) in [6.45, 7) is 5.33. The lowest BCUT2D eigenvalue weighted by Crippen LogP contribution is -2.24. The summed E-state index contributed by atoms with van der Waals surface area (Å²) in [6.07, 6.45) is 0. The largest absolute Gasteiger partial charge is 0.347 e. The van der Waals surface area contributed by atoms with Crippen molar-refractivity contribution in [2.75, 3.05) is 6.54 Å². The van der Waals surface area contributed by atoms with Gasteiger partial charge in [-0.25, -0.2) is 4.39 Å². The summed E-state index contributed by atoms with van der Waals surface area (Å²) >= 11 is 5.49. The Morgan fingerprint density at radius 1 is 1.53 bits per heavy atom. The summed E-state index contributed by atoms with van der Waals surface area (Å²) < 4.78 is 13.0. The van der Waals surface area contributed by atoms with Crippen LogP contribution in [0.2, 0.25) is 0 Å². The van der Waals surface area contributed by atoms with Gasteiger partial charge in [0.25, 0.3) is 5.91 Å². The van der Waals surface area contributed by atoms with Gasteiger partial charge < -0.3 is 5.32 Å². The third-order valence-electron chi connectivity index (χ3n) is 1.75. The summed E-state index contributed by atoms with van der Waals surface area (Å²) in [6, 6.07) is 4.14. The van der Waals surface area contributed by atoms with Gasteiger partial charge in [-0.15, -0.1) is 0 Å². The third-order valence-corrected chi connectivity index (χ3v) is 1.88. The lowest BCUT2D eigenvalue weighted by molar-refractivity contribution is 0.0957. The Bertz CT molecular complexity index is 383. The molecule has 0 saturated carbocycles. The van der Waals surface area contributed by atoms with Crippen LogP contribution < -0.4 is 5.32 Å². The Morgan fingerprint density at radius 3 is 2.73 bits per heavy atom. The van der Waals surface area contributed by atoms with E-state index in [1.165, 1.54) is 12.1 Å². The van der Waals surface area contributed by atoms with Crippen LogP contribution >= 0.6 is 11.6 Å². The van der Waals surface area contributed by atoms with Crippen LogP contribution in [0.25, 0.3) is 0 Å². The standard InChI is InChI=1S/C11H11ClFNO/c1-7-3-9(5-10(13)4-7)11(15)14-6-8(2)12/h3-5H,2,6H2,1H3,(H,14,15). The monoisotopic (exact) mass is 227 g/mol. The molecular formula is C11H11ClFNO. The van der Waals surface area contributed by atoms with Crippen molar-refractivity contribution in [3.05, 3.63) is 46.8 Å². The lowest BCUT2D eigenvalue weighted by Gasteiger charge is -2.04. The fourth-order valence-corrected chi connectivity index (χ4v) is 1.21. The fraction of sp³-hybridized carbons (Fsp3) is 0.182. The van der Waals surface area contributed by atoms with Crippen molar-refractivity contribution >= 4 is 17.5 Å². The molecule has 80 valence electrons. The minimum absolute atomic E-state index is 0.177. The zero-order valence-corrected chi connectivity index (χ0v) is 9.07. The van der Waals surface area contributed by atoms with Crippen molar-refractivity contribution in [1.82, 2.24) is 5.32 Å². The van der Waals surface area contributed by atoms with E-state index in [9.17, 15) is 9.18 Å². The van der Waals surface area contributed by atoms with E-state index < -0.39 is 5.82 Å². The maximum Gasteiger partial charge on any atom is 0.251 e. The van der Waals surface area contributed by atoms with Gasteiger partial charge in [0, 0.05) is 10.6 Å². The van der Waals surface area contributed by atoms with E-state index in [4.69, 9.17) is 11.6 Å². The van der Waals surface area contributed by atoms with Gasteiger partial charge in [-0.3, -0.25) is 4.79 Å². The molecule has 1 aromatic carbocycles. The van der Waals surface area contributed by atoms with Crippen LogP contribution in [0.3, 0.4) is 0 Å². The molecule has 0 saturated heterocycles. The predicted octanol–water partition coefficient (Wildman–Crippen LogP) is 2.62. The van der Waals surface area contributed by atoms with E-state index in [1.807, 2.05) is 0 Å². The molecule has 0 unspecified atom stereocenters. The molecule has 0 aromatic heterocycles. The highest BCUT2D eigenvalue weighted by Crippen LogP contribution is 2.08. The molecule has 1 N–H and O–H groups in total. The van der Waals surface area contributed by atoms with Crippen molar-refractivity contribution in [2.24, 2.45) is 0 Å². The average molecular weight is 228 g/mol. The minimum Gasteiger partial charge on any atom is -0.347 e. The molecule has 0 atom stereocenters. The van der Waals surface area contributed by atoms with Crippen molar-refractivity contribution in [3.8, 4) is 0 Å². The zero-order valence-electron chi connectivity index (χ0n) is 8.31. The molecule has 0 fully saturated rings.